The summed E-state index contributed by atoms with van der Waals surface area (Å²) in [6.45, 7) is -1.38. The van der Waals surface area contributed by atoms with Crippen molar-refractivity contribution < 1.29 is 36.6 Å². The predicted molar refractivity (Wildman–Crippen MR) is 215 cm³/mol. The number of ether oxygens (including phenoxy) is 2. The zero-order chi connectivity index (χ0) is 42.4. The molecule has 1 unspecified atom stereocenters. The molecule has 0 spiro atoms. The van der Waals surface area contributed by atoms with Gasteiger partial charge in [0.25, 0.3) is 17.4 Å². The Morgan fingerprint density at radius 1 is 0.867 bits per heavy atom. The lowest BCUT2D eigenvalue weighted by Gasteiger charge is -2.39. The Bertz CT molecular complexity index is 2890. The van der Waals surface area contributed by atoms with Crippen LogP contribution in [0.1, 0.15) is 35.6 Å². The van der Waals surface area contributed by atoms with Crippen molar-refractivity contribution in [2.45, 2.75) is 43.8 Å². The van der Waals surface area contributed by atoms with Gasteiger partial charge in [-0.05, 0) is 53.4 Å². The third-order valence-electron chi connectivity index (χ3n) is 11.8. The van der Waals surface area contributed by atoms with Gasteiger partial charge in [0, 0.05) is 68.1 Å². The van der Waals surface area contributed by atoms with Crippen LogP contribution in [0.3, 0.4) is 0 Å². The topological polar surface area (TPSA) is 133 Å². The smallest absolute Gasteiger partial charge is 0.329 e. The first-order chi connectivity index (χ1) is 28.6. The van der Waals surface area contributed by atoms with Crippen molar-refractivity contribution in [1.29, 1.82) is 0 Å². The van der Waals surface area contributed by atoms with Crippen LogP contribution in [0.25, 0.3) is 44.1 Å². The Labute approximate surface area is 339 Å². The molecule has 3 aromatic carbocycles. The number of carbonyl (C=O) groups excluding carboxylic acids is 2. The van der Waals surface area contributed by atoms with Crippen molar-refractivity contribution in [2.75, 3.05) is 38.8 Å². The van der Waals surface area contributed by atoms with Gasteiger partial charge < -0.3 is 18.9 Å². The molecule has 17 heteroatoms. The van der Waals surface area contributed by atoms with Crippen LogP contribution >= 0.6 is 0 Å². The maximum atomic E-state index is 16.3. The number of imide groups is 1. The monoisotopic (exact) mass is 825 g/mol. The lowest BCUT2D eigenvalue weighted by molar-refractivity contribution is -0.135. The van der Waals surface area contributed by atoms with Gasteiger partial charge in [0.15, 0.2) is 0 Å². The summed E-state index contributed by atoms with van der Waals surface area (Å²) in [6, 6.07) is 14.2. The molecule has 6 aromatic rings. The highest BCUT2D eigenvalue weighted by atomic mass is 19.3. The molecule has 60 heavy (non-hydrogen) atoms. The second-order valence-corrected chi connectivity index (χ2v) is 15.7. The second-order valence-electron chi connectivity index (χ2n) is 15.7. The van der Waals surface area contributed by atoms with Gasteiger partial charge in [-0.2, -0.15) is 8.78 Å². The predicted octanol–water partition coefficient (Wildman–Crippen LogP) is 5.48. The molecule has 1 N–H and O–H groups in total. The maximum absolute atomic E-state index is 16.3. The molecule has 0 bridgehead atoms. The van der Waals surface area contributed by atoms with Crippen LogP contribution < -0.4 is 30.9 Å². The van der Waals surface area contributed by atoms with Crippen LogP contribution in [-0.4, -0.2) is 75.2 Å². The van der Waals surface area contributed by atoms with E-state index in [2.05, 4.69) is 10.3 Å². The third-order valence-corrected chi connectivity index (χ3v) is 11.8. The van der Waals surface area contributed by atoms with E-state index >= 15 is 8.78 Å². The number of nitrogens with zero attached hydrogens (tertiary/aromatic N) is 6. The number of pyridine rings is 2. The minimum absolute atomic E-state index is 0.0317. The Morgan fingerprint density at radius 2 is 1.60 bits per heavy atom. The van der Waals surface area contributed by atoms with Crippen molar-refractivity contribution in [2.24, 2.45) is 14.1 Å². The summed E-state index contributed by atoms with van der Waals surface area (Å²) in [5.41, 5.74) is 3.11. The molecule has 2 amide bonds. The number of piperidine rings is 1. The quantitative estimate of drug-likeness (QED) is 0.157. The minimum atomic E-state index is -3.29. The number of aryl methyl sites for hydroxylation is 2. The molecule has 0 aliphatic carbocycles. The van der Waals surface area contributed by atoms with Gasteiger partial charge >= 0.3 is 5.69 Å². The van der Waals surface area contributed by atoms with E-state index in [9.17, 15) is 28.0 Å². The number of carbonyl (C=O) groups is 2. The van der Waals surface area contributed by atoms with Crippen molar-refractivity contribution in [3.05, 3.63) is 105 Å². The lowest BCUT2D eigenvalue weighted by Crippen LogP contribution is -2.56. The molecule has 0 radical (unpaired) electrons. The molecule has 1 atom stereocenters. The van der Waals surface area contributed by atoms with Crippen LogP contribution in [-0.2, 0) is 42.7 Å². The summed E-state index contributed by atoms with van der Waals surface area (Å²) in [5.74, 6) is -6.06. The summed E-state index contributed by atoms with van der Waals surface area (Å²) >= 11 is 0. The lowest BCUT2D eigenvalue weighted by atomic mass is 9.91. The maximum Gasteiger partial charge on any atom is 0.329 e. The first-order valence-corrected chi connectivity index (χ1v) is 19.2. The fourth-order valence-corrected chi connectivity index (χ4v) is 8.84. The highest BCUT2D eigenvalue weighted by Gasteiger charge is 2.45. The van der Waals surface area contributed by atoms with Gasteiger partial charge in [-0.25, -0.2) is 18.6 Å². The van der Waals surface area contributed by atoms with Gasteiger partial charge in [-0.1, -0.05) is 24.3 Å². The molecule has 13 nitrogen and oxygen atoms in total. The number of benzene rings is 3. The van der Waals surface area contributed by atoms with E-state index in [4.69, 9.17) is 9.47 Å². The molecule has 6 heterocycles. The average molecular weight is 826 g/mol. The first-order valence-electron chi connectivity index (χ1n) is 19.2. The molecule has 9 rings (SSSR count). The van der Waals surface area contributed by atoms with E-state index in [-0.39, 0.29) is 42.4 Å². The van der Waals surface area contributed by atoms with Gasteiger partial charge in [-0.3, -0.25) is 33.7 Å². The second kappa shape index (κ2) is 14.1. The number of nitrogens with one attached hydrogen (secondary N) is 1. The van der Waals surface area contributed by atoms with Crippen LogP contribution in [0, 0.1) is 0 Å². The number of imidazole rings is 1. The van der Waals surface area contributed by atoms with E-state index in [0.29, 0.717) is 67.1 Å². The molecule has 3 aliphatic rings. The first kappa shape index (κ1) is 39.0. The van der Waals surface area contributed by atoms with Gasteiger partial charge in [0.05, 0.1) is 55.8 Å². The summed E-state index contributed by atoms with van der Waals surface area (Å²) in [5, 5.41) is 3.08. The standard InChI is InChI=1S/C43H39F4N7O6/c1-50-18-29(27-15-36(48-16-28(27)40(50)57)53-20-42(44,45)21-53)25-13-34(59-3)30(35(14-25)60-4)19-52-17-24-9-8-23(12-31(24)43(46,47)22-52)26-6-5-7-32-38(26)51(2)41(58)54(32)33-10-11-37(55)49-39(33)56/h5-9,12-16,18,33H,10-11,17,19-22H2,1-4H3,(H,49,55,56). The normalized spacial score (nSPS) is 18.7. The fourth-order valence-electron chi connectivity index (χ4n) is 8.84. The highest BCUT2D eigenvalue weighted by molar-refractivity contribution is 6.01. The van der Waals surface area contributed by atoms with Gasteiger partial charge in [0.1, 0.15) is 23.4 Å². The van der Waals surface area contributed by atoms with Crippen LogP contribution in [0.5, 0.6) is 11.5 Å². The Hall–Kier alpha value is -6.49. The number of alkyl halides is 4. The van der Waals surface area contributed by atoms with Gasteiger partial charge in [-0.15, -0.1) is 0 Å². The van der Waals surface area contributed by atoms with E-state index in [1.807, 2.05) is 0 Å². The molecule has 2 saturated heterocycles. The number of hydrogen-bond acceptors (Lipinski definition) is 9. The van der Waals surface area contributed by atoms with Crippen LogP contribution in [0.4, 0.5) is 23.4 Å². The van der Waals surface area contributed by atoms with Crippen LogP contribution in [0.15, 0.2) is 76.6 Å². The van der Waals surface area contributed by atoms with Gasteiger partial charge in [0.2, 0.25) is 11.8 Å². The largest absolute Gasteiger partial charge is 0.496 e. The van der Waals surface area contributed by atoms with Crippen molar-refractivity contribution >= 4 is 39.4 Å². The van der Waals surface area contributed by atoms with E-state index in [1.54, 1.807) is 73.7 Å². The number of aromatic nitrogens is 4. The van der Waals surface area contributed by atoms with E-state index < -0.39 is 55.0 Å². The average Bonchev–Trinajstić information content (AvgIpc) is 3.46. The van der Waals surface area contributed by atoms with Crippen LogP contribution in [0.2, 0.25) is 0 Å². The summed E-state index contributed by atoms with van der Waals surface area (Å²) in [4.78, 5) is 58.6. The number of rotatable bonds is 8. The molecule has 3 aromatic heterocycles. The number of fused-ring (bicyclic) bond motifs is 3. The SMILES string of the molecule is COc1cc(-c2cn(C)c(=O)c3cnc(N4CC(F)(F)C4)cc23)cc(OC)c1CN1Cc2ccc(-c3cccc4c3n(C)c(=O)n4C3CCC(=O)NC3=O)cc2C(F)(F)C1. The van der Waals surface area contributed by atoms with Crippen molar-refractivity contribution in [3.8, 4) is 33.8 Å². The Balaban J connectivity index is 1.04. The number of amides is 2. The van der Waals surface area contributed by atoms with Crippen molar-refractivity contribution in [3.63, 3.8) is 0 Å². The van der Waals surface area contributed by atoms with E-state index in [1.165, 1.54) is 45.1 Å². The number of para-hydroxylation sites is 1. The molecular weight excluding hydrogens is 787 g/mol. The minimum Gasteiger partial charge on any atom is -0.496 e. The Kier molecular flexibility index (Phi) is 9.14. The molecule has 0 saturated carbocycles. The summed E-state index contributed by atoms with van der Waals surface area (Å²) < 4.78 is 76.0. The number of methoxy groups -OCH3 is 2. The number of anilines is 1. The fraction of sp³-hybridized carbons (Fsp3) is 0.326. The highest BCUT2D eigenvalue weighted by Crippen LogP contribution is 2.44. The van der Waals surface area contributed by atoms with Crippen molar-refractivity contribution in [1.82, 2.24) is 28.9 Å². The van der Waals surface area contributed by atoms with E-state index in [0.717, 1.165) is 0 Å². The Morgan fingerprint density at radius 3 is 2.28 bits per heavy atom. The third kappa shape index (κ3) is 6.38. The molecular formula is C43H39F4N7O6. The zero-order valence-corrected chi connectivity index (χ0v) is 33.0. The summed E-state index contributed by atoms with van der Waals surface area (Å²) in [6.07, 6.45) is 3.27. The zero-order valence-electron chi connectivity index (χ0n) is 33.0. The molecule has 3 aliphatic heterocycles. The number of halogens is 4. The molecule has 310 valence electrons. The molecule has 2 fully saturated rings. The number of hydrogen-bond donors (Lipinski definition) is 1. The summed E-state index contributed by atoms with van der Waals surface area (Å²) in [7, 11) is 6.08.